The number of esters is 1. The molecule has 30 heavy (non-hydrogen) atoms. The first-order chi connectivity index (χ1) is 13.8. The zero-order valence-corrected chi connectivity index (χ0v) is 15.9. The molecule has 0 aromatic carbocycles. The molecule has 4 aliphatic rings. The van der Waals surface area contributed by atoms with Crippen LogP contribution in [0.15, 0.2) is 9.98 Å². The second kappa shape index (κ2) is 6.11. The molecule has 3 heterocycles. The third-order valence-corrected chi connectivity index (χ3v) is 6.68. The first-order valence-corrected chi connectivity index (χ1v) is 9.41. The largest absolute Gasteiger partial charge is 0.454 e. The topological polar surface area (TPSA) is 179 Å². The van der Waals surface area contributed by atoms with Gasteiger partial charge in [-0.3, -0.25) is 4.79 Å². The highest BCUT2D eigenvalue weighted by atomic mass is 19.4. The van der Waals surface area contributed by atoms with Crippen molar-refractivity contribution in [3.63, 3.8) is 0 Å². The van der Waals surface area contributed by atoms with Gasteiger partial charge in [0.05, 0.1) is 12.6 Å². The third kappa shape index (κ3) is 2.29. The van der Waals surface area contributed by atoms with Crippen LogP contribution in [0.4, 0.5) is 13.2 Å². The summed E-state index contributed by atoms with van der Waals surface area (Å²) in [4.78, 5) is 21.9. The number of nitrogens with one attached hydrogen (secondary N) is 1. The van der Waals surface area contributed by atoms with Gasteiger partial charge in [0.2, 0.25) is 5.79 Å². The van der Waals surface area contributed by atoms with E-state index in [0.717, 1.165) is 0 Å². The molecule has 0 unspecified atom stereocenters. The summed E-state index contributed by atoms with van der Waals surface area (Å²) in [5.74, 6) is -5.01. The van der Waals surface area contributed by atoms with E-state index in [1.165, 1.54) is 11.8 Å². The second-order valence-corrected chi connectivity index (χ2v) is 8.18. The number of ether oxygens (including phenoxy) is 1. The van der Waals surface area contributed by atoms with E-state index < -0.39 is 72.7 Å². The van der Waals surface area contributed by atoms with Gasteiger partial charge in [-0.1, -0.05) is 6.42 Å². The quantitative estimate of drug-likeness (QED) is 0.209. The van der Waals surface area contributed by atoms with Crippen LogP contribution in [0.1, 0.15) is 26.2 Å². The van der Waals surface area contributed by atoms with Gasteiger partial charge in [-0.2, -0.15) is 13.2 Å². The molecule has 4 rings (SSSR count). The van der Waals surface area contributed by atoms with E-state index in [4.69, 9.17) is 16.2 Å². The lowest BCUT2D eigenvalue weighted by molar-refractivity contribution is -0.284. The average molecular weight is 436 g/mol. The van der Waals surface area contributed by atoms with Crippen molar-refractivity contribution in [3.8, 4) is 0 Å². The Kier molecular flexibility index (Phi) is 4.26. The fourth-order valence-corrected chi connectivity index (χ4v) is 4.98. The number of nitrogens with two attached hydrogens (primary N) is 2. The Bertz CT molecular complexity index is 829. The molecule has 11 nitrogen and oxygen atoms in total. The molecule has 8 N–H and O–H groups in total. The van der Waals surface area contributed by atoms with Crippen LogP contribution in [0.3, 0.4) is 0 Å². The highest BCUT2D eigenvalue weighted by Crippen LogP contribution is 2.55. The number of carbonyl (C=O) groups excluding carboxylic acids is 1. The Morgan fingerprint density at radius 1 is 1.33 bits per heavy atom. The molecule has 168 valence electrons. The van der Waals surface area contributed by atoms with Gasteiger partial charge in [0.25, 0.3) is 0 Å². The highest BCUT2D eigenvalue weighted by molar-refractivity contribution is 5.88. The van der Waals surface area contributed by atoms with Gasteiger partial charge in [0.15, 0.2) is 29.1 Å². The Morgan fingerprint density at radius 3 is 2.47 bits per heavy atom. The molecule has 0 aromatic rings. The van der Waals surface area contributed by atoms with Gasteiger partial charge in [-0.25, -0.2) is 9.98 Å². The number of halogens is 3. The number of aliphatic hydroxyl groups is 3. The number of guanidine groups is 2. The summed E-state index contributed by atoms with van der Waals surface area (Å²) in [5.41, 5.74) is 7.03. The number of hydrogen-bond acceptors (Lipinski definition) is 11. The summed E-state index contributed by atoms with van der Waals surface area (Å²) < 4.78 is 45.7. The van der Waals surface area contributed by atoms with Crippen LogP contribution in [-0.4, -0.2) is 86.6 Å². The van der Waals surface area contributed by atoms with Crippen LogP contribution < -0.4 is 16.8 Å². The summed E-state index contributed by atoms with van der Waals surface area (Å²) in [5, 5.41) is 34.5. The smallest absolute Gasteiger partial charge is 0.404 e. The van der Waals surface area contributed by atoms with E-state index >= 15 is 0 Å². The summed E-state index contributed by atoms with van der Waals surface area (Å²) in [7, 11) is 0. The normalized spacial score (nSPS) is 38.6. The molecule has 14 heteroatoms. The van der Waals surface area contributed by atoms with E-state index in [1.54, 1.807) is 0 Å². The first kappa shape index (κ1) is 20.9. The van der Waals surface area contributed by atoms with Crippen molar-refractivity contribution < 1.29 is 38.0 Å². The number of nitrogens with zero attached hydrogens (tertiary/aromatic N) is 3. The van der Waals surface area contributed by atoms with Crippen LogP contribution in [0, 0.1) is 5.41 Å². The summed E-state index contributed by atoms with van der Waals surface area (Å²) in [6, 6.07) is -3.27. The standard InChI is InChI=1S/C16H23F3N6O5/c1-6-9(30-10(27)13(3-2-4-13)16(17,18)19)15(28,29)14-8(23-11(20)24-14)7(5-26)22-12(21)25(6)14/h6-9,26,28-29H,2-5H2,1H3,(H2,21,22)(H3,20,23,24)/t6-,7-,8-,9-,14-/m0/s1. The third-order valence-electron chi connectivity index (χ3n) is 6.68. The van der Waals surface area contributed by atoms with Crippen molar-refractivity contribution in [1.82, 2.24) is 10.2 Å². The van der Waals surface area contributed by atoms with E-state index in [1.807, 2.05) is 0 Å². The Morgan fingerprint density at radius 2 is 1.97 bits per heavy atom. The van der Waals surface area contributed by atoms with Crippen LogP contribution in [0.5, 0.6) is 0 Å². The van der Waals surface area contributed by atoms with Crippen molar-refractivity contribution in [2.75, 3.05) is 6.61 Å². The summed E-state index contributed by atoms with van der Waals surface area (Å²) >= 11 is 0. The number of carbonyl (C=O) groups is 1. The molecule has 2 fully saturated rings. The molecule has 1 aliphatic carbocycles. The number of hydrogen-bond donors (Lipinski definition) is 6. The molecule has 1 saturated carbocycles. The molecule has 0 radical (unpaired) electrons. The fraction of sp³-hybridized carbons (Fsp3) is 0.812. The molecule has 1 saturated heterocycles. The van der Waals surface area contributed by atoms with Crippen molar-refractivity contribution in [1.29, 1.82) is 0 Å². The van der Waals surface area contributed by atoms with E-state index in [-0.39, 0.29) is 18.3 Å². The molecule has 3 aliphatic heterocycles. The van der Waals surface area contributed by atoms with E-state index in [2.05, 4.69) is 15.3 Å². The Labute approximate surface area is 168 Å². The minimum absolute atomic E-state index is 0.195. The number of rotatable bonds is 3. The van der Waals surface area contributed by atoms with Crippen molar-refractivity contribution in [2.24, 2.45) is 26.9 Å². The molecular formula is C16H23F3N6O5. The Balaban J connectivity index is 1.73. The van der Waals surface area contributed by atoms with Crippen LogP contribution in [0.2, 0.25) is 0 Å². The van der Waals surface area contributed by atoms with E-state index in [0.29, 0.717) is 0 Å². The SMILES string of the molecule is C[C@H]1[C@H](OC(=O)C2(C(F)(F)F)CCC2)C(O)(O)[C@]23NC(N)=N[C@H]2[C@H](CO)N=C(N)N13. The number of alkyl halides is 3. The van der Waals surface area contributed by atoms with E-state index in [9.17, 15) is 33.3 Å². The predicted octanol–water partition coefficient (Wildman–Crippen LogP) is -2.31. The van der Waals surface area contributed by atoms with Gasteiger partial charge in [0.1, 0.15) is 12.1 Å². The summed E-state index contributed by atoms with van der Waals surface area (Å²) in [6.07, 6.45) is -7.37. The predicted molar refractivity (Wildman–Crippen MR) is 94.5 cm³/mol. The molecule has 1 spiro atoms. The fourth-order valence-electron chi connectivity index (χ4n) is 4.98. The maximum Gasteiger partial charge on any atom is 0.404 e. The monoisotopic (exact) mass is 436 g/mol. The van der Waals surface area contributed by atoms with Crippen LogP contribution >= 0.6 is 0 Å². The van der Waals surface area contributed by atoms with Crippen molar-refractivity contribution >= 4 is 17.9 Å². The van der Waals surface area contributed by atoms with Gasteiger partial charge >= 0.3 is 12.1 Å². The lowest BCUT2D eigenvalue weighted by Crippen LogP contribution is -2.77. The van der Waals surface area contributed by atoms with Gasteiger partial charge in [0, 0.05) is 0 Å². The van der Waals surface area contributed by atoms with Gasteiger partial charge in [-0.15, -0.1) is 0 Å². The minimum atomic E-state index is -4.84. The lowest BCUT2D eigenvalue weighted by atomic mass is 9.68. The van der Waals surface area contributed by atoms with Crippen molar-refractivity contribution in [2.45, 2.75) is 68.0 Å². The van der Waals surface area contributed by atoms with Crippen LogP contribution in [-0.2, 0) is 9.53 Å². The number of aliphatic imine (C=N–C) groups is 2. The minimum Gasteiger partial charge on any atom is -0.454 e. The molecular weight excluding hydrogens is 413 g/mol. The zero-order valence-electron chi connectivity index (χ0n) is 15.9. The molecule has 5 atom stereocenters. The molecule has 0 bridgehead atoms. The van der Waals surface area contributed by atoms with Crippen LogP contribution in [0.25, 0.3) is 0 Å². The zero-order chi connectivity index (χ0) is 22.3. The maximum atomic E-state index is 13.5. The maximum absolute atomic E-state index is 13.5. The number of aliphatic hydroxyl groups excluding tert-OH is 1. The average Bonchev–Trinajstić information content (AvgIpc) is 3.00. The van der Waals surface area contributed by atoms with Gasteiger partial charge < -0.3 is 41.7 Å². The van der Waals surface area contributed by atoms with Crippen molar-refractivity contribution in [3.05, 3.63) is 0 Å². The Hall–Kier alpha value is -2.32. The summed E-state index contributed by atoms with van der Waals surface area (Å²) in [6.45, 7) is 0.829. The molecule has 0 aromatic heterocycles. The molecule has 0 amide bonds. The first-order valence-electron chi connectivity index (χ1n) is 9.41. The lowest BCUT2D eigenvalue weighted by Gasteiger charge is -2.49. The second-order valence-electron chi connectivity index (χ2n) is 8.18. The highest BCUT2D eigenvalue weighted by Gasteiger charge is 2.77. The van der Waals surface area contributed by atoms with Gasteiger partial charge in [-0.05, 0) is 19.8 Å².